The molecule has 4 heteroatoms. The van der Waals surface area contributed by atoms with Gasteiger partial charge in [-0.05, 0) is 32.9 Å². The van der Waals surface area contributed by atoms with E-state index in [0.717, 1.165) is 0 Å². The van der Waals surface area contributed by atoms with Gasteiger partial charge < -0.3 is 15.2 Å². The van der Waals surface area contributed by atoms with Crippen LogP contribution in [0.15, 0.2) is 24.3 Å². The summed E-state index contributed by atoms with van der Waals surface area (Å²) in [5.41, 5.74) is 6.19. The number of esters is 1. The van der Waals surface area contributed by atoms with Crippen LogP contribution < -0.4 is 10.5 Å². The molecule has 0 spiro atoms. The van der Waals surface area contributed by atoms with Gasteiger partial charge in [0.25, 0.3) is 0 Å². The van der Waals surface area contributed by atoms with Crippen LogP contribution in [0.25, 0.3) is 0 Å². The third-order valence-electron chi connectivity index (χ3n) is 1.85. The van der Waals surface area contributed by atoms with Crippen molar-refractivity contribution in [2.24, 2.45) is 0 Å². The molecule has 2 N–H and O–H groups in total. The molecule has 0 aliphatic rings. The molecule has 88 valence electrons. The molecule has 0 aliphatic carbocycles. The van der Waals surface area contributed by atoms with Gasteiger partial charge in [-0.15, -0.1) is 0 Å². The van der Waals surface area contributed by atoms with Gasteiger partial charge in [0.2, 0.25) is 0 Å². The van der Waals surface area contributed by atoms with E-state index in [1.54, 1.807) is 45.0 Å². The standard InChI is InChI=1S/C12H17NO3/c1-8(2)15-12(14)9(3)16-11-6-4-5-10(13)7-11/h4-9H,13H2,1-3H3. The largest absolute Gasteiger partial charge is 0.479 e. The van der Waals surface area contributed by atoms with Gasteiger partial charge in [0.15, 0.2) is 6.10 Å². The molecular weight excluding hydrogens is 206 g/mol. The number of benzene rings is 1. The molecule has 0 fully saturated rings. The first-order valence-electron chi connectivity index (χ1n) is 5.21. The molecule has 0 heterocycles. The fourth-order valence-electron chi connectivity index (χ4n) is 1.17. The van der Waals surface area contributed by atoms with E-state index in [2.05, 4.69) is 0 Å². The summed E-state index contributed by atoms with van der Waals surface area (Å²) in [6.45, 7) is 5.24. The summed E-state index contributed by atoms with van der Waals surface area (Å²) in [5, 5.41) is 0. The number of carbonyl (C=O) groups excluding carboxylic acids is 1. The third kappa shape index (κ3) is 3.81. The van der Waals surface area contributed by atoms with Gasteiger partial charge in [-0.25, -0.2) is 4.79 Å². The molecule has 0 aromatic heterocycles. The van der Waals surface area contributed by atoms with Crippen LogP contribution in [0.4, 0.5) is 5.69 Å². The predicted octanol–water partition coefficient (Wildman–Crippen LogP) is 1.99. The first-order valence-corrected chi connectivity index (χ1v) is 5.21. The Labute approximate surface area is 95.3 Å². The van der Waals surface area contributed by atoms with Gasteiger partial charge >= 0.3 is 5.97 Å². The van der Waals surface area contributed by atoms with E-state index in [1.165, 1.54) is 0 Å². The lowest BCUT2D eigenvalue weighted by Gasteiger charge is -2.15. The number of hydrogen-bond donors (Lipinski definition) is 1. The highest BCUT2D eigenvalue weighted by molar-refractivity contribution is 5.74. The van der Waals surface area contributed by atoms with Crippen molar-refractivity contribution in [3.8, 4) is 5.75 Å². The summed E-state index contributed by atoms with van der Waals surface area (Å²) in [7, 11) is 0. The minimum atomic E-state index is -0.635. The molecule has 16 heavy (non-hydrogen) atoms. The average Bonchev–Trinajstić information content (AvgIpc) is 2.16. The molecule has 0 radical (unpaired) electrons. The maximum atomic E-state index is 11.5. The minimum absolute atomic E-state index is 0.139. The molecule has 4 nitrogen and oxygen atoms in total. The summed E-state index contributed by atoms with van der Waals surface area (Å²) in [4.78, 5) is 11.5. The Balaban J connectivity index is 2.57. The molecule has 1 unspecified atom stereocenters. The highest BCUT2D eigenvalue weighted by Crippen LogP contribution is 2.16. The van der Waals surface area contributed by atoms with Gasteiger partial charge in [0.1, 0.15) is 5.75 Å². The van der Waals surface area contributed by atoms with E-state index < -0.39 is 6.10 Å². The Morgan fingerprint density at radius 3 is 2.56 bits per heavy atom. The van der Waals surface area contributed by atoms with Gasteiger partial charge in [0.05, 0.1) is 6.10 Å². The molecule has 1 aromatic rings. The Morgan fingerprint density at radius 2 is 2.00 bits per heavy atom. The zero-order valence-corrected chi connectivity index (χ0v) is 9.77. The fourth-order valence-corrected chi connectivity index (χ4v) is 1.17. The van der Waals surface area contributed by atoms with Crippen molar-refractivity contribution in [2.75, 3.05) is 5.73 Å². The van der Waals surface area contributed by atoms with Crippen molar-refractivity contribution >= 4 is 11.7 Å². The summed E-state index contributed by atoms with van der Waals surface area (Å²) in [6.07, 6.45) is -0.774. The Morgan fingerprint density at radius 1 is 1.31 bits per heavy atom. The van der Waals surface area contributed by atoms with Crippen LogP contribution in [0.1, 0.15) is 20.8 Å². The minimum Gasteiger partial charge on any atom is -0.479 e. The highest BCUT2D eigenvalue weighted by atomic mass is 16.6. The van der Waals surface area contributed by atoms with Crippen LogP contribution in [0.3, 0.4) is 0 Å². The lowest BCUT2D eigenvalue weighted by atomic mass is 10.3. The number of hydrogen-bond acceptors (Lipinski definition) is 4. The second-order valence-electron chi connectivity index (χ2n) is 3.82. The second kappa shape index (κ2) is 5.39. The zero-order chi connectivity index (χ0) is 12.1. The first kappa shape index (κ1) is 12.4. The van der Waals surface area contributed by atoms with E-state index in [4.69, 9.17) is 15.2 Å². The van der Waals surface area contributed by atoms with Gasteiger partial charge in [-0.2, -0.15) is 0 Å². The van der Waals surface area contributed by atoms with Crippen molar-refractivity contribution in [2.45, 2.75) is 33.0 Å². The normalized spacial score (nSPS) is 12.2. The Bertz CT molecular complexity index is 363. The average molecular weight is 223 g/mol. The SMILES string of the molecule is CC(C)OC(=O)C(C)Oc1cccc(N)c1. The smallest absolute Gasteiger partial charge is 0.347 e. The molecule has 0 saturated carbocycles. The van der Waals surface area contributed by atoms with Crippen molar-refractivity contribution in [1.29, 1.82) is 0 Å². The van der Waals surface area contributed by atoms with Crippen molar-refractivity contribution in [3.05, 3.63) is 24.3 Å². The van der Waals surface area contributed by atoms with E-state index in [-0.39, 0.29) is 12.1 Å². The predicted molar refractivity (Wildman–Crippen MR) is 62.2 cm³/mol. The molecule has 1 atom stereocenters. The Kier molecular flexibility index (Phi) is 4.17. The van der Waals surface area contributed by atoms with E-state index in [0.29, 0.717) is 11.4 Å². The van der Waals surface area contributed by atoms with Crippen molar-refractivity contribution < 1.29 is 14.3 Å². The zero-order valence-electron chi connectivity index (χ0n) is 9.77. The number of anilines is 1. The van der Waals surface area contributed by atoms with Crippen LogP contribution in [0, 0.1) is 0 Å². The van der Waals surface area contributed by atoms with E-state index in [9.17, 15) is 4.79 Å². The number of carbonyl (C=O) groups is 1. The van der Waals surface area contributed by atoms with Crippen LogP contribution in [0.5, 0.6) is 5.75 Å². The first-order chi connectivity index (χ1) is 7.49. The lowest BCUT2D eigenvalue weighted by molar-refractivity contribution is -0.154. The number of ether oxygens (including phenoxy) is 2. The Hall–Kier alpha value is -1.71. The van der Waals surface area contributed by atoms with Crippen molar-refractivity contribution in [3.63, 3.8) is 0 Å². The maximum Gasteiger partial charge on any atom is 0.347 e. The quantitative estimate of drug-likeness (QED) is 0.626. The fraction of sp³-hybridized carbons (Fsp3) is 0.417. The molecular formula is C12H17NO3. The summed E-state index contributed by atoms with van der Waals surface area (Å²) in [6, 6.07) is 6.93. The number of nitrogen functional groups attached to an aromatic ring is 1. The number of rotatable bonds is 4. The van der Waals surface area contributed by atoms with Crippen LogP contribution >= 0.6 is 0 Å². The topological polar surface area (TPSA) is 61.5 Å². The molecule has 0 amide bonds. The van der Waals surface area contributed by atoms with Crippen LogP contribution in [-0.2, 0) is 9.53 Å². The lowest BCUT2D eigenvalue weighted by Crippen LogP contribution is -2.28. The van der Waals surface area contributed by atoms with Crippen LogP contribution in [-0.4, -0.2) is 18.2 Å². The molecule has 0 saturated heterocycles. The highest BCUT2D eigenvalue weighted by Gasteiger charge is 2.17. The summed E-state index contributed by atoms with van der Waals surface area (Å²) >= 11 is 0. The van der Waals surface area contributed by atoms with Crippen molar-refractivity contribution in [1.82, 2.24) is 0 Å². The van der Waals surface area contributed by atoms with Crippen LogP contribution in [0.2, 0.25) is 0 Å². The van der Waals surface area contributed by atoms with E-state index >= 15 is 0 Å². The second-order valence-corrected chi connectivity index (χ2v) is 3.82. The van der Waals surface area contributed by atoms with E-state index in [1.807, 2.05) is 0 Å². The molecule has 1 aromatic carbocycles. The third-order valence-corrected chi connectivity index (χ3v) is 1.85. The van der Waals surface area contributed by atoms with Gasteiger partial charge in [-0.1, -0.05) is 6.07 Å². The monoisotopic (exact) mass is 223 g/mol. The summed E-state index contributed by atoms with van der Waals surface area (Å²) < 4.78 is 10.4. The number of nitrogens with two attached hydrogens (primary N) is 1. The van der Waals surface area contributed by atoms with Gasteiger partial charge in [-0.3, -0.25) is 0 Å². The molecule has 0 bridgehead atoms. The summed E-state index contributed by atoms with van der Waals surface area (Å²) in [5.74, 6) is 0.186. The maximum absolute atomic E-state index is 11.5. The molecule has 0 aliphatic heterocycles. The van der Waals surface area contributed by atoms with Gasteiger partial charge in [0, 0.05) is 11.8 Å². The molecule has 1 rings (SSSR count).